The summed E-state index contributed by atoms with van der Waals surface area (Å²) in [7, 11) is 0. The van der Waals surface area contributed by atoms with E-state index in [-0.39, 0.29) is 17.4 Å². The summed E-state index contributed by atoms with van der Waals surface area (Å²) in [6.07, 6.45) is 0.922. The summed E-state index contributed by atoms with van der Waals surface area (Å²) in [6.45, 7) is 8.34. The average molecular weight is 310 g/mol. The van der Waals surface area contributed by atoms with Gasteiger partial charge in [0.15, 0.2) is 0 Å². The van der Waals surface area contributed by atoms with E-state index in [9.17, 15) is 4.79 Å². The number of benzene rings is 1. The topological polar surface area (TPSA) is 58.4 Å². The minimum atomic E-state index is -0.0352. The first-order chi connectivity index (χ1) is 9.78. The van der Waals surface area contributed by atoms with E-state index in [1.165, 1.54) is 0 Å². The molecule has 0 radical (unpaired) electrons. The standard InChI is InChI=1S/C16H24ClN3O/c1-11-4-5-13(12(17)8-11)19-15(21)9-20-7-6-14(18)16(2,3)10-20/h4-5,8,14H,6-7,9-10,18H2,1-3H3,(H,19,21). The Labute approximate surface area is 131 Å². The molecule has 5 heteroatoms. The number of hydrogen-bond donors (Lipinski definition) is 2. The summed E-state index contributed by atoms with van der Waals surface area (Å²) in [5.74, 6) is -0.0352. The Morgan fingerprint density at radius 3 is 2.86 bits per heavy atom. The van der Waals surface area contributed by atoms with Crippen LogP contribution in [0.25, 0.3) is 0 Å². The van der Waals surface area contributed by atoms with Gasteiger partial charge < -0.3 is 11.1 Å². The molecule has 1 aliphatic rings. The summed E-state index contributed by atoms with van der Waals surface area (Å²) >= 11 is 6.14. The first-order valence-electron chi connectivity index (χ1n) is 7.32. The Bertz CT molecular complexity index is 530. The van der Waals surface area contributed by atoms with Crippen LogP contribution in [0.1, 0.15) is 25.8 Å². The van der Waals surface area contributed by atoms with Crippen LogP contribution in [0.3, 0.4) is 0 Å². The number of rotatable bonds is 3. The van der Waals surface area contributed by atoms with Crippen LogP contribution < -0.4 is 11.1 Å². The van der Waals surface area contributed by atoms with E-state index in [4.69, 9.17) is 17.3 Å². The predicted molar refractivity (Wildman–Crippen MR) is 87.6 cm³/mol. The monoisotopic (exact) mass is 309 g/mol. The molecule has 1 unspecified atom stereocenters. The largest absolute Gasteiger partial charge is 0.327 e. The first-order valence-corrected chi connectivity index (χ1v) is 7.70. The third-order valence-electron chi connectivity index (χ3n) is 4.16. The van der Waals surface area contributed by atoms with Gasteiger partial charge in [-0.2, -0.15) is 0 Å². The van der Waals surface area contributed by atoms with E-state index in [0.29, 0.717) is 17.3 Å². The molecule has 1 fully saturated rings. The fourth-order valence-corrected chi connectivity index (χ4v) is 3.02. The molecule has 0 saturated carbocycles. The van der Waals surface area contributed by atoms with E-state index in [2.05, 4.69) is 24.1 Å². The van der Waals surface area contributed by atoms with Crippen LogP contribution in [0.15, 0.2) is 18.2 Å². The van der Waals surface area contributed by atoms with Gasteiger partial charge in [0, 0.05) is 19.1 Å². The molecule has 3 N–H and O–H groups in total. The molecule has 1 heterocycles. The van der Waals surface area contributed by atoms with Gasteiger partial charge >= 0.3 is 0 Å². The maximum Gasteiger partial charge on any atom is 0.238 e. The van der Waals surface area contributed by atoms with E-state index in [1.54, 1.807) is 0 Å². The molecular weight excluding hydrogens is 286 g/mol. The molecule has 0 bridgehead atoms. The summed E-state index contributed by atoms with van der Waals surface area (Å²) in [5, 5.41) is 3.45. The fourth-order valence-electron chi connectivity index (χ4n) is 2.73. The number of nitrogens with two attached hydrogens (primary N) is 1. The Morgan fingerprint density at radius 2 is 2.24 bits per heavy atom. The van der Waals surface area contributed by atoms with Gasteiger partial charge in [-0.05, 0) is 36.5 Å². The van der Waals surface area contributed by atoms with Gasteiger partial charge in [-0.25, -0.2) is 0 Å². The highest BCUT2D eigenvalue weighted by Gasteiger charge is 2.33. The van der Waals surface area contributed by atoms with Crippen LogP contribution in [0.5, 0.6) is 0 Å². The van der Waals surface area contributed by atoms with E-state index in [1.807, 2.05) is 25.1 Å². The summed E-state index contributed by atoms with van der Waals surface area (Å²) < 4.78 is 0. The van der Waals surface area contributed by atoms with Crippen LogP contribution in [0.4, 0.5) is 5.69 Å². The Kier molecular flexibility index (Phi) is 4.91. The second-order valence-corrected chi connectivity index (χ2v) is 7.03. The van der Waals surface area contributed by atoms with Gasteiger partial charge in [0.25, 0.3) is 0 Å². The molecule has 1 aromatic carbocycles. The van der Waals surface area contributed by atoms with E-state index < -0.39 is 0 Å². The third-order valence-corrected chi connectivity index (χ3v) is 4.47. The normalized spacial score (nSPS) is 22.0. The number of nitrogens with one attached hydrogen (secondary N) is 1. The number of carbonyl (C=O) groups excluding carboxylic acids is 1. The summed E-state index contributed by atoms with van der Waals surface area (Å²) in [6, 6.07) is 5.82. The van der Waals surface area contributed by atoms with Crippen molar-refractivity contribution in [2.75, 3.05) is 25.0 Å². The number of nitrogens with zero attached hydrogens (tertiary/aromatic N) is 1. The maximum atomic E-state index is 12.2. The van der Waals surface area contributed by atoms with Crippen molar-refractivity contribution in [2.45, 2.75) is 33.2 Å². The molecule has 1 saturated heterocycles. The molecule has 4 nitrogen and oxygen atoms in total. The maximum absolute atomic E-state index is 12.2. The lowest BCUT2D eigenvalue weighted by Crippen LogP contribution is -2.53. The zero-order valence-corrected chi connectivity index (χ0v) is 13.7. The number of likely N-dealkylation sites (tertiary alicyclic amines) is 1. The zero-order valence-electron chi connectivity index (χ0n) is 12.9. The predicted octanol–water partition coefficient (Wildman–Crippen LogP) is 2.65. The van der Waals surface area contributed by atoms with Crippen molar-refractivity contribution in [3.05, 3.63) is 28.8 Å². The van der Waals surface area contributed by atoms with Crippen LogP contribution in [-0.4, -0.2) is 36.5 Å². The van der Waals surface area contributed by atoms with Crippen molar-refractivity contribution in [2.24, 2.45) is 11.1 Å². The van der Waals surface area contributed by atoms with Gasteiger partial charge in [0.2, 0.25) is 5.91 Å². The number of anilines is 1. The second-order valence-electron chi connectivity index (χ2n) is 6.63. The lowest BCUT2D eigenvalue weighted by molar-refractivity contribution is -0.118. The number of aryl methyl sites for hydroxylation is 1. The molecule has 116 valence electrons. The first kappa shape index (κ1) is 16.3. The van der Waals surface area contributed by atoms with Crippen molar-refractivity contribution >= 4 is 23.2 Å². The SMILES string of the molecule is Cc1ccc(NC(=O)CN2CCC(N)C(C)(C)C2)c(Cl)c1. The van der Waals surface area contributed by atoms with Crippen LogP contribution in [0.2, 0.25) is 5.02 Å². The molecule has 1 amide bonds. The van der Waals surface area contributed by atoms with Crippen LogP contribution in [-0.2, 0) is 4.79 Å². The smallest absolute Gasteiger partial charge is 0.238 e. The van der Waals surface area contributed by atoms with Gasteiger partial charge in [0.05, 0.1) is 17.3 Å². The minimum Gasteiger partial charge on any atom is -0.327 e. The van der Waals surface area contributed by atoms with Crippen molar-refractivity contribution < 1.29 is 4.79 Å². The number of carbonyl (C=O) groups is 1. The molecule has 1 aliphatic heterocycles. The summed E-state index contributed by atoms with van der Waals surface area (Å²) in [4.78, 5) is 14.3. The highest BCUT2D eigenvalue weighted by molar-refractivity contribution is 6.33. The van der Waals surface area contributed by atoms with Gasteiger partial charge in [-0.15, -0.1) is 0 Å². The molecule has 1 aromatic rings. The van der Waals surface area contributed by atoms with Crippen molar-refractivity contribution in [3.8, 4) is 0 Å². The number of hydrogen-bond acceptors (Lipinski definition) is 3. The minimum absolute atomic E-state index is 0.0352. The molecule has 1 atom stereocenters. The second kappa shape index (κ2) is 6.34. The van der Waals surface area contributed by atoms with Crippen molar-refractivity contribution in [3.63, 3.8) is 0 Å². The average Bonchev–Trinajstić information content (AvgIpc) is 2.37. The van der Waals surface area contributed by atoms with E-state index in [0.717, 1.165) is 25.1 Å². The lowest BCUT2D eigenvalue weighted by Gasteiger charge is -2.42. The number of piperidine rings is 1. The highest BCUT2D eigenvalue weighted by atomic mass is 35.5. The molecule has 0 aliphatic carbocycles. The third kappa shape index (κ3) is 4.19. The molecule has 0 spiro atoms. The van der Waals surface area contributed by atoms with Crippen molar-refractivity contribution in [1.82, 2.24) is 4.90 Å². The van der Waals surface area contributed by atoms with Gasteiger partial charge in [-0.3, -0.25) is 9.69 Å². The summed E-state index contributed by atoms with van der Waals surface area (Å²) in [5.41, 5.74) is 7.90. The molecule has 21 heavy (non-hydrogen) atoms. The van der Waals surface area contributed by atoms with Gasteiger partial charge in [0.1, 0.15) is 0 Å². The highest BCUT2D eigenvalue weighted by Crippen LogP contribution is 2.27. The fraction of sp³-hybridized carbons (Fsp3) is 0.562. The quantitative estimate of drug-likeness (QED) is 0.902. The van der Waals surface area contributed by atoms with Crippen LogP contribution in [0, 0.1) is 12.3 Å². The lowest BCUT2D eigenvalue weighted by atomic mass is 9.80. The number of amides is 1. The molecular formula is C16H24ClN3O. The zero-order chi connectivity index (χ0) is 15.6. The Balaban J connectivity index is 1.93. The van der Waals surface area contributed by atoms with Crippen LogP contribution >= 0.6 is 11.6 Å². The van der Waals surface area contributed by atoms with Gasteiger partial charge in [-0.1, -0.05) is 31.5 Å². The molecule has 0 aromatic heterocycles. The van der Waals surface area contributed by atoms with Crippen molar-refractivity contribution in [1.29, 1.82) is 0 Å². The Morgan fingerprint density at radius 1 is 1.52 bits per heavy atom. The van der Waals surface area contributed by atoms with E-state index >= 15 is 0 Å². The molecule has 2 rings (SSSR count). The number of halogens is 1. The Hall–Kier alpha value is -1.10.